The van der Waals surface area contributed by atoms with E-state index in [-0.39, 0.29) is 17.9 Å². The van der Waals surface area contributed by atoms with Crippen LogP contribution in [0, 0.1) is 17.8 Å². The summed E-state index contributed by atoms with van der Waals surface area (Å²) in [5, 5.41) is 3.25. The lowest BCUT2D eigenvalue weighted by Crippen LogP contribution is -2.49. The van der Waals surface area contributed by atoms with Gasteiger partial charge in [-0.1, -0.05) is 26.2 Å². The SMILES string of the molecule is CC1CCC(N)C(C(=O)NC(C)C2CCCCC2)C1. The van der Waals surface area contributed by atoms with Crippen molar-refractivity contribution in [2.24, 2.45) is 23.5 Å². The zero-order valence-electron chi connectivity index (χ0n) is 12.5. The predicted molar refractivity (Wildman–Crippen MR) is 78.7 cm³/mol. The Morgan fingerprint density at radius 1 is 1.16 bits per heavy atom. The van der Waals surface area contributed by atoms with E-state index in [1.807, 2.05) is 0 Å². The first-order chi connectivity index (χ1) is 9.08. The van der Waals surface area contributed by atoms with Gasteiger partial charge < -0.3 is 11.1 Å². The van der Waals surface area contributed by atoms with Crippen LogP contribution in [0.1, 0.15) is 65.2 Å². The van der Waals surface area contributed by atoms with Crippen LogP contribution in [0.5, 0.6) is 0 Å². The summed E-state index contributed by atoms with van der Waals surface area (Å²) in [6, 6.07) is 0.381. The molecule has 3 N–H and O–H groups in total. The lowest BCUT2D eigenvalue weighted by atomic mass is 9.78. The van der Waals surface area contributed by atoms with Crippen molar-refractivity contribution in [1.29, 1.82) is 0 Å². The molecule has 4 atom stereocenters. The van der Waals surface area contributed by atoms with Crippen molar-refractivity contribution in [3.63, 3.8) is 0 Å². The third-order valence-electron chi connectivity index (χ3n) is 5.23. The van der Waals surface area contributed by atoms with Gasteiger partial charge in [0.15, 0.2) is 0 Å². The molecule has 19 heavy (non-hydrogen) atoms. The Bertz CT molecular complexity index is 299. The van der Waals surface area contributed by atoms with Gasteiger partial charge in [-0.25, -0.2) is 0 Å². The van der Waals surface area contributed by atoms with E-state index < -0.39 is 0 Å². The van der Waals surface area contributed by atoms with Gasteiger partial charge in [0.2, 0.25) is 5.91 Å². The molecule has 0 spiro atoms. The maximum Gasteiger partial charge on any atom is 0.224 e. The fourth-order valence-corrected chi connectivity index (χ4v) is 3.79. The fourth-order valence-electron chi connectivity index (χ4n) is 3.79. The van der Waals surface area contributed by atoms with E-state index in [0.717, 1.165) is 12.8 Å². The van der Waals surface area contributed by atoms with Crippen LogP contribution in [0.25, 0.3) is 0 Å². The first-order valence-electron chi connectivity index (χ1n) is 8.14. The van der Waals surface area contributed by atoms with Crippen LogP contribution in [-0.4, -0.2) is 18.0 Å². The Labute approximate surface area is 117 Å². The molecule has 0 aromatic rings. The normalized spacial score (nSPS) is 34.8. The largest absolute Gasteiger partial charge is 0.353 e. The highest BCUT2D eigenvalue weighted by Crippen LogP contribution is 2.29. The summed E-state index contributed by atoms with van der Waals surface area (Å²) in [5.41, 5.74) is 6.14. The van der Waals surface area contributed by atoms with E-state index in [2.05, 4.69) is 19.2 Å². The van der Waals surface area contributed by atoms with E-state index in [4.69, 9.17) is 5.73 Å². The summed E-state index contributed by atoms with van der Waals surface area (Å²) in [6.07, 6.45) is 9.69. The van der Waals surface area contributed by atoms with Gasteiger partial charge in [0, 0.05) is 12.1 Å². The number of rotatable bonds is 3. The van der Waals surface area contributed by atoms with Gasteiger partial charge in [-0.2, -0.15) is 0 Å². The molecule has 1 amide bonds. The Balaban J connectivity index is 1.85. The second-order valence-corrected chi connectivity index (χ2v) is 6.88. The molecule has 0 heterocycles. The van der Waals surface area contributed by atoms with Gasteiger partial charge in [-0.3, -0.25) is 4.79 Å². The molecule has 2 saturated carbocycles. The second kappa shape index (κ2) is 6.74. The maximum atomic E-state index is 12.4. The summed E-state index contributed by atoms with van der Waals surface area (Å²) in [4.78, 5) is 12.4. The van der Waals surface area contributed by atoms with E-state index in [9.17, 15) is 4.79 Å². The highest BCUT2D eigenvalue weighted by Gasteiger charge is 2.33. The molecule has 2 rings (SSSR count). The van der Waals surface area contributed by atoms with Crippen molar-refractivity contribution >= 4 is 5.91 Å². The minimum Gasteiger partial charge on any atom is -0.353 e. The van der Waals surface area contributed by atoms with Gasteiger partial charge in [0.1, 0.15) is 0 Å². The third-order valence-corrected chi connectivity index (χ3v) is 5.23. The van der Waals surface area contributed by atoms with Crippen LogP contribution < -0.4 is 11.1 Å². The average Bonchev–Trinajstić information content (AvgIpc) is 2.42. The van der Waals surface area contributed by atoms with Crippen LogP contribution in [-0.2, 0) is 4.79 Å². The quantitative estimate of drug-likeness (QED) is 0.825. The molecule has 4 unspecified atom stereocenters. The van der Waals surface area contributed by atoms with E-state index in [1.165, 1.54) is 38.5 Å². The molecule has 2 aliphatic rings. The van der Waals surface area contributed by atoms with Crippen LogP contribution in [0.2, 0.25) is 0 Å². The lowest BCUT2D eigenvalue weighted by Gasteiger charge is -2.34. The maximum absolute atomic E-state index is 12.4. The topological polar surface area (TPSA) is 55.1 Å². The van der Waals surface area contributed by atoms with Gasteiger partial charge in [-0.05, 0) is 50.9 Å². The Hall–Kier alpha value is -0.570. The van der Waals surface area contributed by atoms with E-state index >= 15 is 0 Å². The molecule has 0 radical (unpaired) electrons. The number of amides is 1. The Kier molecular flexibility index (Phi) is 5.26. The highest BCUT2D eigenvalue weighted by atomic mass is 16.2. The molecule has 3 nitrogen and oxygen atoms in total. The van der Waals surface area contributed by atoms with Crippen LogP contribution in [0.3, 0.4) is 0 Å². The number of nitrogens with two attached hydrogens (primary N) is 1. The summed E-state index contributed by atoms with van der Waals surface area (Å²) >= 11 is 0. The van der Waals surface area contributed by atoms with Gasteiger partial charge >= 0.3 is 0 Å². The van der Waals surface area contributed by atoms with Crippen molar-refractivity contribution in [3.05, 3.63) is 0 Å². The summed E-state index contributed by atoms with van der Waals surface area (Å²) in [7, 11) is 0. The summed E-state index contributed by atoms with van der Waals surface area (Å²) in [5.74, 6) is 1.56. The number of carbonyl (C=O) groups is 1. The zero-order valence-corrected chi connectivity index (χ0v) is 12.5. The summed E-state index contributed by atoms with van der Waals surface area (Å²) in [6.45, 7) is 4.41. The zero-order chi connectivity index (χ0) is 13.8. The molecular weight excluding hydrogens is 236 g/mol. The van der Waals surface area contributed by atoms with Crippen molar-refractivity contribution in [3.8, 4) is 0 Å². The molecule has 0 saturated heterocycles. The minimum absolute atomic E-state index is 0.0368. The van der Waals surface area contributed by atoms with Crippen molar-refractivity contribution < 1.29 is 4.79 Å². The molecule has 2 fully saturated rings. The average molecular weight is 266 g/mol. The minimum atomic E-state index is 0.0368. The van der Waals surface area contributed by atoms with Crippen LogP contribution in [0.15, 0.2) is 0 Å². The van der Waals surface area contributed by atoms with Gasteiger partial charge in [0.05, 0.1) is 5.92 Å². The standard InChI is InChI=1S/C16H30N2O/c1-11-8-9-15(17)14(10-11)16(19)18-12(2)13-6-4-3-5-7-13/h11-15H,3-10,17H2,1-2H3,(H,18,19). The third kappa shape index (κ3) is 3.95. The van der Waals surface area contributed by atoms with Gasteiger partial charge in [0.25, 0.3) is 0 Å². The van der Waals surface area contributed by atoms with Crippen molar-refractivity contribution in [1.82, 2.24) is 5.32 Å². The Morgan fingerprint density at radius 3 is 2.53 bits per heavy atom. The van der Waals surface area contributed by atoms with E-state index in [0.29, 0.717) is 17.9 Å². The molecular formula is C16H30N2O. The molecule has 2 aliphatic carbocycles. The van der Waals surface area contributed by atoms with Crippen molar-refractivity contribution in [2.75, 3.05) is 0 Å². The molecule has 3 heteroatoms. The first-order valence-corrected chi connectivity index (χ1v) is 8.14. The van der Waals surface area contributed by atoms with Crippen molar-refractivity contribution in [2.45, 2.75) is 77.3 Å². The highest BCUT2D eigenvalue weighted by molar-refractivity contribution is 5.79. The number of hydrogen-bond donors (Lipinski definition) is 2. The molecule has 0 bridgehead atoms. The van der Waals surface area contributed by atoms with Crippen LogP contribution in [0.4, 0.5) is 0 Å². The fraction of sp³-hybridized carbons (Fsp3) is 0.938. The lowest BCUT2D eigenvalue weighted by molar-refractivity contribution is -0.128. The predicted octanol–water partition coefficient (Wildman–Crippen LogP) is 2.83. The number of carbonyl (C=O) groups excluding carboxylic acids is 1. The first kappa shape index (κ1) is 14.8. The monoisotopic (exact) mass is 266 g/mol. The Morgan fingerprint density at radius 2 is 1.84 bits per heavy atom. The van der Waals surface area contributed by atoms with Crippen LogP contribution >= 0.6 is 0 Å². The van der Waals surface area contributed by atoms with Gasteiger partial charge in [-0.15, -0.1) is 0 Å². The molecule has 0 aromatic carbocycles. The van der Waals surface area contributed by atoms with E-state index in [1.54, 1.807) is 0 Å². The summed E-state index contributed by atoms with van der Waals surface area (Å²) < 4.78 is 0. The second-order valence-electron chi connectivity index (χ2n) is 6.88. The number of hydrogen-bond acceptors (Lipinski definition) is 2. The molecule has 0 aliphatic heterocycles. The molecule has 0 aromatic heterocycles. The number of nitrogens with one attached hydrogen (secondary N) is 1. The smallest absolute Gasteiger partial charge is 0.224 e. The molecule has 110 valence electrons.